The lowest BCUT2D eigenvalue weighted by molar-refractivity contribution is 0.501. The first kappa shape index (κ1) is 14.0. The molecule has 2 unspecified atom stereocenters. The Morgan fingerprint density at radius 1 is 1.11 bits per heavy atom. The molecular formula is C14H21F2N3. The Morgan fingerprint density at radius 2 is 1.84 bits per heavy atom. The maximum Gasteiger partial charge on any atom is 0.168 e. The molecule has 1 heterocycles. The SMILES string of the molecule is CNc1nc(NC2CCCC(C)CC2)c(F)cc1F. The van der Waals surface area contributed by atoms with Gasteiger partial charge in [0.25, 0.3) is 0 Å². The van der Waals surface area contributed by atoms with Crippen LogP contribution in [0.3, 0.4) is 0 Å². The van der Waals surface area contributed by atoms with Gasteiger partial charge in [0.2, 0.25) is 0 Å². The molecular weight excluding hydrogens is 248 g/mol. The summed E-state index contributed by atoms with van der Waals surface area (Å²) in [7, 11) is 1.57. The van der Waals surface area contributed by atoms with Crippen LogP contribution in [0.4, 0.5) is 20.4 Å². The van der Waals surface area contributed by atoms with Crippen LogP contribution in [0.1, 0.15) is 39.0 Å². The summed E-state index contributed by atoms with van der Waals surface area (Å²) in [6.45, 7) is 2.25. The summed E-state index contributed by atoms with van der Waals surface area (Å²) in [5.74, 6) is -0.351. The Hall–Kier alpha value is -1.39. The van der Waals surface area contributed by atoms with Crippen molar-refractivity contribution in [2.45, 2.75) is 45.1 Å². The number of hydrogen-bond donors (Lipinski definition) is 2. The largest absolute Gasteiger partial charge is 0.371 e. The molecule has 0 aliphatic heterocycles. The van der Waals surface area contributed by atoms with Gasteiger partial charge in [-0.25, -0.2) is 13.8 Å². The van der Waals surface area contributed by atoms with E-state index in [1.807, 2.05) is 0 Å². The molecule has 2 atom stereocenters. The van der Waals surface area contributed by atoms with Crippen molar-refractivity contribution in [2.75, 3.05) is 17.7 Å². The molecule has 1 aromatic rings. The molecule has 2 rings (SSSR count). The number of aromatic nitrogens is 1. The lowest BCUT2D eigenvalue weighted by Crippen LogP contribution is -2.20. The summed E-state index contributed by atoms with van der Waals surface area (Å²) in [5.41, 5.74) is 0. The van der Waals surface area contributed by atoms with Crippen molar-refractivity contribution in [1.29, 1.82) is 0 Å². The number of halogens is 2. The molecule has 1 fully saturated rings. The van der Waals surface area contributed by atoms with Crippen LogP contribution in [0, 0.1) is 17.6 Å². The van der Waals surface area contributed by atoms with Gasteiger partial charge in [0.05, 0.1) is 0 Å². The lowest BCUT2D eigenvalue weighted by atomic mass is 10.0. The Kier molecular flexibility index (Phi) is 4.56. The van der Waals surface area contributed by atoms with E-state index in [-0.39, 0.29) is 17.7 Å². The average Bonchev–Trinajstić information content (AvgIpc) is 2.58. The van der Waals surface area contributed by atoms with Crippen molar-refractivity contribution in [3.63, 3.8) is 0 Å². The average molecular weight is 269 g/mol. The molecule has 1 aliphatic carbocycles. The van der Waals surface area contributed by atoms with E-state index in [9.17, 15) is 8.78 Å². The second-order valence-corrected chi connectivity index (χ2v) is 5.35. The minimum Gasteiger partial charge on any atom is -0.371 e. The van der Waals surface area contributed by atoms with Gasteiger partial charge >= 0.3 is 0 Å². The van der Waals surface area contributed by atoms with Gasteiger partial charge < -0.3 is 10.6 Å². The van der Waals surface area contributed by atoms with Gasteiger partial charge in [0, 0.05) is 19.2 Å². The van der Waals surface area contributed by atoms with Crippen molar-refractivity contribution in [2.24, 2.45) is 5.92 Å². The van der Waals surface area contributed by atoms with Crippen molar-refractivity contribution in [1.82, 2.24) is 4.98 Å². The predicted octanol–water partition coefficient (Wildman–Crippen LogP) is 3.78. The van der Waals surface area contributed by atoms with Crippen molar-refractivity contribution < 1.29 is 8.78 Å². The summed E-state index contributed by atoms with van der Waals surface area (Å²) < 4.78 is 27.0. The number of rotatable bonds is 3. The van der Waals surface area contributed by atoms with Gasteiger partial charge in [0.15, 0.2) is 23.3 Å². The highest BCUT2D eigenvalue weighted by molar-refractivity contribution is 5.47. The molecule has 0 amide bonds. The molecule has 0 spiro atoms. The van der Waals surface area contributed by atoms with E-state index in [1.54, 1.807) is 7.05 Å². The fourth-order valence-corrected chi connectivity index (χ4v) is 2.57. The van der Waals surface area contributed by atoms with Crippen LogP contribution in [0.2, 0.25) is 0 Å². The maximum absolute atomic E-state index is 13.7. The zero-order valence-electron chi connectivity index (χ0n) is 11.5. The number of nitrogens with one attached hydrogen (secondary N) is 2. The van der Waals surface area contributed by atoms with Gasteiger partial charge in [-0.05, 0) is 25.2 Å². The van der Waals surface area contributed by atoms with Crippen LogP contribution >= 0.6 is 0 Å². The summed E-state index contributed by atoms with van der Waals surface area (Å²) in [5, 5.41) is 5.75. The van der Waals surface area contributed by atoms with Crippen LogP contribution < -0.4 is 10.6 Å². The van der Waals surface area contributed by atoms with Gasteiger partial charge in [-0.15, -0.1) is 0 Å². The Balaban J connectivity index is 2.09. The number of hydrogen-bond acceptors (Lipinski definition) is 3. The van der Waals surface area contributed by atoms with E-state index in [4.69, 9.17) is 0 Å². The van der Waals surface area contributed by atoms with Crippen molar-refractivity contribution >= 4 is 11.6 Å². The van der Waals surface area contributed by atoms with E-state index in [2.05, 4.69) is 22.5 Å². The molecule has 0 radical (unpaired) electrons. The number of nitrogens with zero attached hydrogens (tertiary/aromatic N) is 1. The molecule has 0 saturated heterocycles. The molecule has 1 aromatic heterocycles. The summed E-state index contributed by atoms with van der Waals surface area (Å²) in [4.78, 5) is 3.96. The summed E-state index contributed by atoms with van der Waals surface area (Å²) in [6, 6.07) is 1.10. The van der Waals surface area contributed by atoms with Crippen LogP contribution in [-0.2, 0) is 0 Å². The highest BCUT2D eigenvalue weighted by atomic mass is 19.1. The highest BCUT2D eigenvalue weighted by Gasteiger charge is 2.19. The van der Waals surface area contributed by atoms with E-state index < -0.39 is 11.6 Å². The van der Waals surface area contributed by atoms with Gasteiger partial charge in [0.1, 0.15) is 0 Å². The zero-order chi connectivity index (χ0) is 13.8. The Labute approximate surface area is 112 Å². The molecule has 1 aliphatic rings. The second-order valence-electron chi connectivity index (χ2n) is 5.35. The first-order chi connectivity index (χ1) is 9.10. The second kappa shape index (κ2) is 6.17. The molecule has 1 saturated carbocycles. The van der Waals surface area contributed by atoms with Gasteiger partial charge in [-0.2, -0.15) is 0 Å². The molecule has 5 heteroatoms. The predicted molar refractivity (Wildman–Crippen MR) is 73.4 cm³/mol. The fourth-order valence-electron chi connectivity index (χ4n) is 2.57. The van der Waals surface area contributed by atoms with Crippen molar-refractivity contribution in [3.8, 4) is 0 Å². The molecule has 3 nitrogen and oxygen atoms in total. The molecule has 19 heavy (non-hydrogen) atoms. The highest BCUT2D eigenvalue weighted by Crippen LogP contribution is 2.26. The Bertz CT molecular complexity index is 437. The standard InChI is InChI=1S/C14H21F2N3/c1-9-4-3-5-10(7-6-9)18-14-12(16)8-11(15)13(17-2)19-14/h8-10H,3-7H2,1-2H3,(H2,17,18,19). The fraction of sp³-hybridized carbons (Fsp3) is 0.643. The number of anilines is 2. The summed E-state index contributed by atoms with van der Waals surface area (Å²) >= 11 is 0. The van der Waals surface area contributed by atoms with Crippen LogP contribution in [0.25, 0.3) is 0 Å². The first-order valence-electron chi connectivity index (χ1n) is 6.90. The van der Waals surface area contributed by atoms with Crippen molar-refractivity contribution in [3.05, 3.63) is 17.7 Å². The third kappa shape index (κ3) is 3.55. The zero-order valence-corrected chi connectivity index (χ0v) is 11.5. The third-order valence-corrected chi connectivity index (χ3v) is 3.76. The van der Waals surface area contributed by atoms with Crippen LogP contribution in [-0.4, -0.2) is 18.1 Å². The monoisotopic (exact) mass is 269 g/mol. The van der Waals surface area contributed by atoms with E-state index in [0.29, 0.717) is 0 Å². The molecule has 0 bridgehead atoms. The first-order valence-corrected chi connectivity index (χ1v) is 6.90. The normalized spacial score (nSPS) is 23.8. The summed E-state index contributed by atoms with van der Waals surface area (Å²) in [6.07, 6.45) is 5.52. The quantitative estimate of drug-likeness (QED) is 0.820. The van der Waals surface area contributed by atoms with Gasteiger partial charge in [-0.3, -0.25) is 0 Å². The smallest absolute Gasteiger partial charge is 0.168 e. The molecule has 106 valence electrons. The maximum atomic E-state index is 13.7. The van der Waals surface area contributed by atoms with E-state index >= 15 is 0 Å². The lowest BCUT2D eigenvalue weighted by Gasteiger charge is -2.18. The molecule has 0 aromatic carbocycles. The van der Waals surface area contributed by atoms with Crippen LogP contribution in [0.15, 0.2) is 6.07 Å². The van der Waals surface area contributed by atoms with E-state index in [1.165, 1.54) is 6.42 Å². The Morgan fingerprint density at radius 3 is 2.58 bits per heavy atom. The minimum absolute atomic E-state index is 0.0749. The molecule has 2 N–H and O–H groups in total. The van der Waals surface area contributed by atoms with E-state index in [0.717, 1.165) is 37.7 Å². The number of pyridine rings is 1. The van der Waals surface area contributed by atoms with Gasteiger partial charge in [-0.1, -0.05) is 19.8 Å². The minimum atomic E-state index is -0.667. The van der Waals surface area contributed by atoms with Crippen LogP contribution in [0.5, 0.6) is 0 Å². The topological polar surface area (TPSA) is 37.0 Å². The third-order valence-electron chi connectivity index (χ3n) is 3.76.